The van der Waals surface area contributed by atoms with Crippen LogP contribution in [0.15, 0.2) is 30.3 Å². The molecule has 0 amide bonds. The Morgan fingerprint density at radius 2 is 1.68 bits per heavy atom. The second-order valence-corrected chi connectivity index (χ2v) is 6.95. The second-order valence-electron chi connectivity index (χ2n) is 6.95. The first-order valence-corrected chi connectivity index (χ1v) is 9.39. The Hall–Kier alpha value is -3.15. The predicted molar refractivity (Wildman–Crippen MR) is 107 cm³/mol. The Balaban J connectivity index is 1.72. The van der Waals surface area contributed by atoms with Gasteiger partial charge in [-0.3, -0.25) is 0 Å². The highest BCUT2D eigenvalue weighted by Gasteiger charge is 2.29. The highest BCUT2D eigenvalue weighted by molar-refractivity contribution is 6.06. The Morgan fingerprint density at radius 1 is 1.00 bits per heavy atom. The fourth-order valence-electron chi connectivity index (χ4n) is 3.74. The van der Waals surface area contributed by atoms with Crippen molar-refractivity contribution in [1.82, 2.24) is 0 Å². The minimum atomic E-state index is -0.419. The highest BCUT2D eigenvalue weighted by Crippen LogP contribution is 2.40. The maximum atomic E-state index is 12.3. The number of phenolic OH excluding ortho intramolecular Hbond substituents is 1. The van der Waals surface area contributed by atoms with Crippen LogP contribution in [-0.2, 0) is 4.74 Å². The lowest BCUT2D eigenvalue weighted by Crippen LogP contribution is -2.29. The summed E-state index contributed by atoms with van der Waals surface area (Å²) in [6, 6.07) is 8.80. The molecule has 4 rings (SSSR count). The van der Waals surface area contributed by atoms with E-state index in [1.165, 1.54) is 13.5 Å². The van der Waals surface area contributed by atoms with Crippen LogP contribution in [0.5, 0.6) is 17.2 Å². The minimum absolute atomic E-state index is 0.263. The van der Waals surface area contributed by atoms with Gasteiger partial charge < -0.3 is 24.2 Å². The van der Waals surface area contributed by atoms with Gasteiger partial charge in [0.1, 0.15) is 11.5 Å². The van der Waals surface area contributed by atoms with Crippen LogP contribution in [0.1, 0.15) is 40.7 Å². The summed E-state index contributed by atoms with van der Waals surface area (Å²) < 4.78 is 16.1. The normalized spacial score (nSPS) is 17.4. The van der Waals surface area contributed by atoms with Gasteiger partial charge in [0.25, 0.3) is 0 Å². The number of piperidine rings is 1. The molecule has 1 N–H and O–H groups in total. The van der Waals surface area contributed by atoms with E-state index in [0.29, 0.717) is 28.4 Å². The van der Waals surface area contributed by atoms with Gasteiger partial charge in [-0.15, -0.1) is 0 Å². The number of anilines is 1. The number of carbonyl (C=O) groups is 1. The quantitative estimate of drug-likeness (QED) is 0.806. The zero-order valence-corrected chi connectivity index (χ0v) is 16.0. The molecule has 0 saturated carbocycles. The topological polar surface area (TPSA) is 68.2 Å². The van der Waals surface area contributed by atoms with E-state index in [2.05, 4.69) is 4.90 Å². The molecule has 2 aliphatic rings. The fourth-order valence-corrected chi connectivity index (χ4v) is 3.74. The summed E-state index contributed by atoms with van der Waals surface area (Å²) >= 11 is 0. The molecule has 2 heterocycles. The highest BCUT2D eigenvalue weighted by atomic mass is 16.5. The number of hydrogen-bond donors (Lipinski definition) is 1. The van der Waals surface area contributed by atoms with Crippen LogP contribution in [0, 0.1) is 0 Å². The zero-order valence-electron chi connectivity index (χ0n) is 16.0. The molecular weight excluding hydrogens is 358 g/mol. The molecule has 0 unspecified atom stereocenters. The van der Waals surface area contributed by atoms with Crippen molar-refractivity contribution in [1.29, 1.82) is 0 Å². The third kappa shape index (κ3) is 3.26. The number of fused-ring (bicyclic) bond motifs is 1. The van der Waals surface area contributed by atoms with Gasteiger partial charge in [-0.2, -0.15) is 0 Å². The van der Waals surface area contributed by atoms with Crippen LogP contribution >= 0.6 is 0 Å². The van der Waals surface area contributed by atoms with Crippen LogP contribution < -0.4 is 14.4 Å². The van der Waals surface area contributed by atoms with Crippen molar-refractivity contribution in [3.05, 3.63) is 47.0 Å². The molecule has 146 valence electrons. The number of ether oxygens (including phenoxy) is 3. The summed E-state index contributed by atoms with van der Waals surface area (Å²) in [5.74, 6) is 1.31. The lowest BCUT2D eigenvalue weighted by molar-refractivity contribution is 0.0717. The minimum Gasteiger partial charge on any atom is -0.506 e. The molecule has 1 saturated heterocycles. The first kappa shape index (κ1) is 18.2. The Morgan fingerprint density at radius 3 is 2.36 bits per heavy atom. The van der Waals surface area contributed by atoms with Crippen LogP contribution in [0.2, 0.25) is 0 Å². The SMILES string of the molecule is COc1cc2c(cc1OC)/C(=C/c1ccc(O)c(N3CCCCC3)c1)OC2=O. The van der Waals surface area contributed by atoms with Crippen LogP contribution in [0.3, 0.4) is 0 Å². The van der Waals surface area contributed by atoms with Crippen molar-refractivity contribution in [2.75, 3.05) is 32.2 Å². The van der Waals surface area contributed by atoms with E-state index in [1.54, 1.807) is 25.3 Å². The molecule has 0 bridgehead atoms. The maximum Gasteiger partial charge on any atom is 0.344 e. The summed E-state index contributed by atoms with van der Waals surface area (Å²) in [4.78, 5) is 14.5. The van der Waals surface area contributed by atoms with Crippen molar-refractivity contribution >= 4 is 23.5 Å². The maximum absolute atomic E-state index is 12.3. The Kier molecular flexibility index (Phi) is 4.86. The van der Waals surface area contributed by atoms with Crippen LogP contribution in [-0.4, -0.2) is 38.4 Å². The number of esters is 1. The lowest BCUT2D eigenvalue weighted by Gasteiger charge is -2.29. The zero-order chi connectivity index (χ0) is 19.7. The molecule has 28 heavy (non-hydrogen) atoms. The van der Waals surface area contributed by atoms with Gasteiger partial charge in [0.15, 0.2) is 11.5 Å². The van der Waals surface area contributed by atoms with Crippen LogP contribution in [0.25, 0.3) is 11.8 Å². The van der Waals surface area contributed by atoms with Gasteiger partial charge in [0.05, 0.1) is 25.5 Å². The molecule has 2 aromatic carbocycles. The number of hydrogen-bond acceptors (Lipinski definition) is 6. The number of benzene rings is 2. The third-order valence-electron chi connectivity index (χ3n) is 5.21. The molecule has 2 aromatic rings. The van der Waals surface area contributed by atoms with Crippen molar-refractivity contribution < 1.29 is 24.1 Å². The van der Waals surface area contributed by atoms with Crippen molar-refractivity contribution in [2.45, 2.75) is 19.3 Å². The molecule has 0 aromatic heterocycles. The number of phenols is 1. The Bertz CT molecular complexity index is 944. The predicted octanol–water partition coefficient (Wildman–Crippen LogP) is 4.07. The number of cyclic esters (lactones) is 1. The third-order valence-corrected chi connectivity index (χ3v) is 5.21. The average molecular weight is 381 g/mol. The van der Waals surface area contributed by atoms with Crippen molar-refractivity contribution in [3.8, 4) is 17.2 Å². The summed E-state index contributed by atoms with van der Waals surface area (Å²) in [5, 5.41) is 10.3. The van der Waals surface area contributed by atoms with E-state index in [1.807, 2.05) is 18.2 Å². The van der Waals surface area contributed by atoms with E-state index < -0.39 is 5.97 Å². The van der Waals surface area contributed by atoms with E-state index >= 15 is 0 Å². The molecule has 6 heteroatoms. The smallest absolute Gasteiger partial charge is 0.344 e. The van der Waals surface area contributed by atoms with Gasteiger partial charge in [0.2, 0.25) is 0 Å². The van der Waals surface area contributed by atoms with Gasteiger partial charge >= 0.3 is 5.97 Å². The van der Waals surface area contributed by atoms with Crippen LogP contribution in [0.4, 0.5) is 5.69 Å². The molecule has 0 spiro atoms. The molecular formula is C22H23NO5. The van der Waals surface area contributed by atoms with Gasteiger partial charge in [0, 0.05) is 18.7 Å². The summed E-state index contributed by atoms with van der Waals surface area (Å²) in [6.45, 7) is 1.87. The van der Waals surface area contributed by atoms with E-state index in [-0.39, 0.29) is 5.75 Å². The number of nitrogens with zero attached hydrogens (tertiary/aromatic N) is 1. The largest absolute Gasteiger partial charge is 0.506 e. The van der Waals surface area contributed by atoms with Gasteiger partial charge in [-0.1, -0.05) is 6.07 Å². The standard InChI is InChI=1S/C22H23NO5/c1-26-20-12-15-16(13-21(20)27-2)22(25)28-19(15)11-14-6-7-18(24)17(10-14)23-8-4-3-5-9-23/h6-7,10-13,24H,3-5,8-9H2,1-2H3/b19-11-. The summed E-state index contributed by atoms with van der Waals surface area (Å²) in [5.41, 5.74) is 2.77. The van der Waals surface area contributed by atoms with E-state index in [0.717, 1.165) is 37.2 Å². The summed E-state index contributed by atoms with van der Waals surface area (Å²) in [7, 11) is 3.08. The molecule has 0 radical (unpaired) electrons. The molecule has 0 aliphatic carbocycles. The van der Waals surface area contributed by atoms with Gasteiger partial charge in [-0.25, -0.2) is 4.79 Å². The van der Waals surface area contributed by atoms with E-state index in [9.17, 15) is 9.90 Å². The second kappa shape index (κ2) is 7.46. The molecule has 1 fully saturated rings. The van der Waals surface area contributed by atoms with Gasteiger partial charge in [-0.05, 0) is 55.2 Å². The van der Waals surface area contributed by atoms with Crippen molar-refractivity contribution in [2.24, 2.45) is 0 Å². The first-order chi connectivity index (χ1) is 13.6. The van der Waals surface area contributed by atoms with Crippen molar-refractivity contribution in [3.63, 3.8) is 0 Å². The summed E-state index contributed by atoms with van der Waals surface area (Å²) in [6.07, 6.45) is 5.27. The monoisotopic (exact) mass is 381 g/mol. The number of carbonyl (C=O) groups excluding carboxylic acids is 1. The number of aromatic hydroxyl groups is 1. The number of methoxy groups -OCH3 is 2. The fraction of sp³-hybridized carbons (Fsp3) is 0.318. The first-order valence-electron chi connectivity index (χ1n) is 9.39. The molecule has 2 aliphatic heterocycles. The van der Waals surface area contributed by atoms with E-state index in [4.69, 9.17) is 14.2 Å². The number of rotatable bonds is 4. The lowest BCUT2D eigenvalue weighted by atomic mass is 10.0. The average Bonchev–Trinajstić information content (AvgIpc) is 3.03. The molecule has 6 nitrogen and oxygen atoms in total. The Labute approximate surface area is 163 Å². The molecule has 0 atom stereocenters.